The number of hydrogen-bond donors (Lipinski definition) is 1. The van der Waals surface area contributed by atoms with Crippen LogP contribution in [0.4, 0.5) is 0 Å². The highest BCUT2D eigenvalue weighted by molar-refractivity contribution is 4.85. The highest BCUT2D eigenvalue weighted by Crippen LogP contribution is 2.28. The second kappa shape index (κ2) is 6.38. The number of rotatable bonds is 2. The highest BCUT2D eigenvalue weighted by Gasteiger charge is 2.28. The highest BCUT2D eigenvalue weighted by atomic mass is 15.2. The molecule has 2 aliphatic rings. The summed E-state index contributed by atoms with van der Waals surface area (Å²) in [6.07, 6.45) is 8.63. The minimum Gasteiger partial charge on any atom is -0.312 e. The van der Waals surface area contributed by atoms with Crippen LogP contribution in [0.2, 0.25) is 0 Å². The Morgan fingerprint density at radius 2 is 1.78 bits per heavy atom. The molecule has 0 aromatic carbocycles. The Morgan fingerprint density at radius 3 is 2.44 bits per heavy atom. The van der Waals surface area contributed by atoms with Crippen LogP contribution in [0.25, 0.3) is 0 Å². The second-order valence-electron chi connectivity index (χ2n) is 7.61. The zero-order valence-electron chi connectivity index (χ0n) is 12.7. The van der Waals surface area contributed by atoms with Gasteiger partial charge in [-0.1, -0.05) is 40.0 Å². The van der Waals surface area contributed by atoms with Gasteiger partial charge in [-0.25, -0.2) is 0 Å². The van der Waals surface area contributed by atoms with Crippen molar-refractivity contribution in [3.8, 4) is 0 Å². The summed E-state index contributed by atoms with van der Waals surface area (Å²) in [5, 5.41) is 3.83. The third-order valence-electron chi connectivity index (χ3n) is 4.43. The van der Waals surface area contributed by atoms with Crippen molar-refractivity contribution in [2.45, 2.75) is 65.3 Å². The molecule has 1 heterocycles. The second-order valence-corrected chi connectivity index (χ2v) is 7.61. The molecule has 0 bridgehead atoms. The molecule has 2 rings (SSSR count). The van der Waals surface area contributed by atoms with E-state index in [0.717, 1.165) is 12.0 Å². The van der Waals surface area contributed by atoms with Crippen molar-refractivity contribution in [3.05, 3.63) is 0 Å². The van der Waals surface area contributed by atoms with Crippen LogP contribution in [0.5, 0.6) is 0 Å². The summed E-state index contributed by atoms with van der Waals surface area (Å²) in [6, 6.07) is 0.759. The molecule has 1 atom stereocenters. The summed E-state index contributed by atoms with van der Waals surface area (Å²) in [5.41, 5.74) is 0.432. The number of nitrogens with one attached hydrogen (secondary N) is 1. The van der Waals surface area contributed by atoms with Gasteiger partial charge in [0.2, 0.25) is 0 Å². The molecule has 2 fully saturated rings. The normalized spacial score (nSPS) is 29.2. The lowest BCUT2D eigenvalue weighted by Gasteiger charge is -2.35. The molecule has 1 unspecified atom stereocenters. The van der Waals surface area contributed by atoms with Crippen molar-refractivity contribution in [2.24, 2.45) is 11.3 Å². The van der Waals surface area contributed by atoms with Gasteiger partial charge in [0, 0.05) is 19.1 Å². The average molecular weight is 252 g/mol. The van der Waals surface area contributed by atoms with Crippen molar-refractivity contribution < 1.29 is 0 Å². The largest absolute Gasteiger partial charge is 0.312 e. The SMILES string of the molecule is CC(C)(C)CN1CCCNC(C2CCCCC2)C1. The van der Waals surface area contributed by atoms with Gasteiger partial charge in [-0.05, 0) is 43.7 Å². The third kappa shape index (κ3) is 4.55. The van der Waals surface area contributed by atoms with Crippen LogP contribution in [0, 0.1) is 11.3 Å². The third-order valence-corrected chi connectivity index (χ3v) is 4.43. The Bertz CT molecular complexity index is 238. The van der Waals surface area contributed by atoms with Crippen LogP contribution in [0.1, 0.15) is 59.3 Å². The molecule has 1 aliphatic carbocycles. The molecular formula is C16H32N2. The van der Waals surface area contributed by atoms with Crippen LogP contribution >= 0.6 is 0 Å². The molecule has 2 heteroatoms. The lowest BCUT2D eigenvalue weighted by Crippen LogP contribution is -2.45. The first-order valence-corrected chi connectivity index (χ1v) is 8.00. The van der Waals surface area contributed by atoms with Gasteiger partial charge in [-0.3, -0.25) is 0 Å². The smallest absolute Gasteiger partial charge is 0.0223 e. The molecule has 1 N–H and O–H groups in total. The maximum atomic E-state index is 3.83. The van der Waals surface area contributed by atoms with Crippen molar-refractivity contribution >= 4 is 0 Å². The molecule has 0 aromatic heterocycles. The van der Waals surface area contributed by atoms with E-state index in [1.54, 1.807) is 0 Å². The topological polar surface area (TPSA) is 15.3 Å². The summed E-state index contributed by atoms with van der Waals surface area (Å²) < 4.78 is 0. The van der Waals surface area contributed by atoms with Crippen molar-refractivity contribution in [1.82, 2.24) is 10.2 Å². The molecule has 106 valence electrons. The maximum Gasteiger partial charge on any atom is 0.0223 e. The average Bonchev–Trinajstić information content (AvgIpc) is 2.54. The van der Waals surface area contributed by atoms with Crippen LogP contribution in [0.15, 0.2) is 0 Å². The van der Waals surface area contributed by atoms with E-state index in [2.05, 4.69) is 31.0 Å². The van der Waals surface area contributed by atoms with Crippen molar-refractivity contribution in [2.75, 3.05) is 26.2 Å². The van der Waals surface area contributed by atoms with Crippen LogP contribution in [0.3, 0.4) is 0 Å². The minimum absolute atomic E-state index is 0.432. The van der Waals surface area contributed by atoms with Gasteiger partial charge in [0.05, 0.1) is 0 Å². The first-order valence-electron chi connectivity index (χ1n) is 8.00. The van der Waals surface area contributed by atoms with E-state index in [4.69, 9.17) is 0 Å². The lowest BCUT2D eigenvalue weighted by molar-refractivity contribution is 0.162. The van der Waals surface area contributed by atoms with Gasteiger partial charge in [0.25, 0.3) is 0 Å². The van der Waals surface area contributed by atoms with Crippen molar-refractivity contribution in [1.29, 1.82) is 0 Å². The van der Waals surface area contributed by atoms with Crippen molar-refractivity contribution in [3.63, 3.8) is 0 Å². The van der Waals surface area contributed by atoms with Crippen LogP contribution in [-0.4, -0.2) is 37.1 Å². The van der Waals surface area contributed by atoms with Gasteiger partial charge in [-0.2, -0.15) is 0 Å². The molecule has 0 radical (unpaired) electrons. The maximum absolute atomic E-state index is 3.83. The quantitative estimate of drug-likeness (QED) is 0.811. The van der Waals surface area contributed by atoms with Crippen LogP contribution in [-0.2, 0) is 0 Å². The van der Waals surface area contributed by atoms with E-state index < -0.39 is 0 Å². The Morgan fingerprint density at radius 1 is 1.06 bits per heavy atom. The van der Waals surface area contributed by atoms with Crippen LogP contribution < -0.4 is 5.32 Å². The Kier molecular flexibility index (Phi) is 5.08. The van der Waals surface area contributed by atoms with E-state index >= 15 is 0 Å². The fourth-order valence-electron chi connectivity index (χ4n) is 3.69. The Balaban J connectivity index is 1.89. The first-order chi connectivity index (χ1) is 8.54. The molecule has 18 heavy (non-hydrogen) atoms. The standard InChI is InChI=1S/C16H32N2/c1-16(2,3)13-18-11-7-10-17-15(12-18)14-8-5-4-6-9-14/h14-15,17H,4-13H2,1-3H3. The summed E-state index contributed by atoms with van der Waals surface area (Å²) in [4.78, 5) is 2.71. The zero-order chi connectivity index (χ0) is 13.0. The Hall–Kier alpha value is -0.0800. The summed E-state index contributed by atoms with van der Waals surface area (Å²) in [7, 11) is 0. The summed E-state index contributed by atoms with van der Waals surface area (Å²) >= 11 is 0. The molecule has 0 amide bonds. The van der Waals surface area contributed by atoms with E-state index in [1.165, 1.54) is 64.7 Å². The number of nitrogens with zero attached hydrogens (tertiary/aromatic N) is 1. The van der Waals surface area contributed by atoms with Gasteiger partial charge in [0.1, 0.15) is 0 Å². The summed E-state index contributed by atoms with van der Waals surface area (Å²) in [6.45, 7) is 12.1. The van der Waals surface area contributed by atoms with Gasteiger partial charge in [-0.15, -0.1) is 0 Å². The monoisotopic (exact) mass is 252 g/mol. The Labute approximate surface area is 114 Å². The molecule has 1 saturated heterocycles. The predicted octanol–water partition coefficient (Wildman–Crippen LogP) is 3.28. The molecule has 0 aromatic rings. The fourth-order valence-corrected chi connectivity index (χ4v) is 3.69. The van der Waals surface area contributed by atoms with E-state index in [9.17, 15) is 0 Å². The first kappa shape index (κ1) is 14.3. The van der Waals surface area contributed by atoms with E-state index in [1.807, 2.05) is 0 Å². The minimum atomic E-state index is 0.432. The predicted molar refractivity (Wildman–Crippen MR) is 78.9 cm³/mol. The molecular weight excluding hydrogens is 220 g/mol. The number of hydrogen-bond acceptors (Lipinski definition) is 2. The zero-order valence-corrected chi connectivity index (χ0v) is 12.7. The van der Waals surface area contributed by atoms with E-state index in [0.29, 0.717) is 5.41 Å². The fraction of sp³-hybridized carbons (Fsp3) is 1.00. The molecule has 1 saturated carbocycles. The summed E-state index contributed by atoms with van der Waals surface area (Å²) in [5.74, 6) is 0.944. The molecule has 0 spiro atoms. The van der Waals surface area contributed by atoms with Gasteiger partial charge < -0.3 is 10.2 Å². The van der Waals surface area contributed by atoms with Gasteiger partial charge >= 0.3 is 0 Å². The van der Waals surface area contributed by atoms with Gasteiger partial charge in [0.15, 0.2) is 0 Å². The molecule has 1 aliphatic heterocycles. The lowest BCUT2D eigenvalue weighted by atomic mass is 9.83. The molecule has 2 nitrogen and oxygen atoms in total. The van der Waals surface area contributed by atoms with E-state index in [-0.39, 0.29) is 0 Å².